The van der Waals surface area contributed by atoms with Gasteiger partial charge in [-0.15, -0.1) is 11.8 Å². The summed E-state index contributed by atoms with van der Waals surface area (Å²) >= 11 is 7.14. The zero-order valence-corrected chi connectivity index (χ0v) is 12.3. The Morgan fingerprint density at radius 2 is 2.05 bits per heavy atom. The Morgan fingerprint density at radius 1 is 1.30 bits per heavy atom. The number of carbonyl (C=O) groups is 2. The van der Waals surface area contributed by atoms with Gasteiger partial charge in [-0.1, -0.05) is 11.6 Å². The summed E-state index contributed by atoms with van der Waals surface area (Å²) in [5, 5.41) is 0.655. The number of hydrazine groups is 1. The van der Waals surface area contributed by atoms with Crippen molar-refractivity contribution in [3.05, 3.63) is 29.3 Å². The zero-order chi connectivity index (χ0) is 14.4. The lowest BCUT2D eigenvalue weighted by atomic mass is 10.2. The normalized spacial score (nSPS) is 17.8. The number of thioether (sulfide) groups is 1. The van der Waals surface area contributed by atoms with Crippen LogP contribution in [0.25, 0.3) is 0 Å². The van der Waals surface area contributed by atoms with Crippen LogP contribution in [0.4, 0.5) is 0 Å². The largest absolute Gasteiger partial charge is 0.368 e. The van der Waals surface area contributed by atoms with Crippen LogP contribution >= 0.6 is 23.4 Å². The molecule has 2 amide bonds. The summed E-state index contributed by atoms with van der Waals surface area (Å²) in [6.07, 6.45) is 1.12. The number of nitrogens with one attached hydrogen (secondary N) is 2. The number of carbonyl (C=O) groups excluding carboxylic acids is 2. The summed E-state index contributed by atoms with van der Waals surface area (Å²) in [6, 6.07) is 7.21. The molecule has 20 heavy (non-hydrogen) atoms. The first kappa shape index (κ1) is 15.2. The molecule has 1 unspecified atom stereocenters. The molecule has 1 aliphatic heterocycles. The standard InChI is InChI=1S/C13H15ClN2O3S/c14-9-3-5-10(6-4-9)20-8-12(17)15-16-13(18)11-2-1-7-19-11/h3-6,11H,1-2,7-8H2,(H,15,17)(H,16,18). The van der Waals surface area contributed by atoms with E-state index in [4.69, 9.17) is 16.3 Å². The Morgan fingerprint density at radius 3 is 2.70 bits per heavy atom. The second-order valence-corrected chi connectivity index (χ2v) is 5.77. The van der Waals surface area contributed by atoms with Gasteiger partial charge in [-0.2, -0.15) is 0 Å². The quantitative estimate of drug-likeness (QED) is 0.656. The lowest BCUT2D eigenvalue weighted by Gasteiger charge is -2.11. The second-order valence-electron chi connectivity index (χ2n) is 4.28. The molecule has 108 valence electrons. The van der Waals surface area contributed by atoms with E-state index in [1.54, 1.807) is 12.1 Å². The molecule has 2 N–H and O–H groups in total. The van der Waals surface area contributed by atoms with Crippen molar-refractivity contribution in [2.45, 2.75) is 23.8 Å². The van der Waals surface area contributed by atoms with Crippen LogP contribution in [-0.4, -0.2) is 30.3 Å². The number of ether oxygens (including phenoxy) is 1. The third-order valence-corrected chi connectivity index (χ3v) is 3.99. The van der Waals surface area contributed by atoms with E-state index in [0.29, 0.717) is 18.1 Å². The smallest absolute Gasteiger partial charge is 0.267 e. The summed E-state index contributed by atoms with van der Waals surface area (Å²) < 4.78 is 5.21. The number of hydrogen-bond acceptors (Lipinski definition) is 4. The van der Waals surface area contributed by atoms with Crippen molar-refractivity contribution in [3.63, 3.8) is 0 Å². The fourth-order valence-electron chi connectivity index (χ4n) is 1.71. The predicted molar refractivity (Wildman–Crippen MR) is 77.4 cm³/mol. The monoisotopic (exact) mass is 314 g/mol. The highest BCUT2D eigenvalue weighted by molar-refractivity contribution is 8.00. The molecule has 1 aliphatic rings. The molecular formula is C13H15ClN2O3S. The number of halogens is 1. The molecule has 2 rings (SSSR count). The van der Waals surface area contributed by atoms with Gasteiger partial charge >= 0.3 is 0 Å². The molecular weight excluding hydrogens is 300 g/mol. The SMILES string of the molecule is O=C(CSc1ccc(Cl)cc1)NNC(=O)C1CCCO1. The fourth-order valence-corrected chi connectivity index (χ4v) is 2.54. The van der Waals surface area contributed by atoms with Crippen LogP contribution in [0.3, 0.4) is 0 Å². The number of hydrogen-bond donors (Lipinski definition) is 2. The molecule has 0 radical (unpaired) electrons. The Hall–Kier alpha value is -1.24. The predicted octanol–water partition coefficient (Wildman–Crippen LogP) is 1.76. The molecule has 1 saturated heterocycles. The van der Waals surface area contributed by atoms with Gasteiger partial charge in [-0.05, 0) is 37.1 Å². The molecule has 0 saturated carbocycles. The van der Waals surface area contributed by atoms with Crippen molar-refractivity contribution in [1.82, 2.24) is 10.9 Å². The summed E-state index contributed by atoms with van der Waals surface area (Å²) in [4.78, 5) is 24.1. The molecule has 0 spiro atoms. The van der Waals surface area contributed by atoms with Gasteiger partial charge in [0.2, 0.25) is 5.91 Å². The summed E-state index contributed by atoms with van der Waals surface area (Å²) in [5.74, 6) is -0.350. The summed E-state index contributed by atoms with van der Waals surface area (Å²) in [7, 11) is 0. The Bertz CT molecular complexity index is 475. The average Bonchev–Trinajstić information content (AvgIpc) is 2.98. The molecule has 1 aromatic carbocycles. The Labute approximate surface area is 126 Å². The van der Waals surface area contributed by atoms with Crippen LogP contribution in [0.15, 0.2) is 29.2 Å². The molecule has 0 aromatic heterocycles. The highest BCUT2D eigenvalue weighted by Crippen LogP contribution is 2.19. The van der Waals surface area contributed by atoms with E-state index < -0.39 is 6.10 Å². The first-order chi connectivity index (χ1) is 9.65. The maximum atomic E-state index is 11.6. The van der Waals surface area contributed by atoms with E-state index in [0.717, 1.165) is 11.3 Å². The van der Waals surface area contributed by atoms with Crippen molar-refractivity contribution in [2.75, 3.05) is 12.4 Å². The highest BCUT2D eigenvalue weighted by atomic mass is 35.5. The Kier molecular flexibility index (Phi) is 5.70. The maximum absolute atomic E-state index is 11.6. The van der Waals surface area contributed by atoms with Gasteiger partial charge in [0.05, 0.1) is 5.75 Å². The van der Waals surface area contributed by atoms with Crippen LogP contribution < -0.4 is 10.9 Å². The summed E-state index contributed by atoms with van der Waals surface area (Å²) in [5.41, 5.74) is 4.75. The van der Waals surface area contributed by atoms with Gasteiger partial charge in [0.1, 0.15) is 6.10 Å². The topological polar surface area (TPSA) is 67.4 Å². The molecule has 0 bridgehead atoms. The van der Waals surface area contributed by atoms with Crippen LogP contribution in [0.1, 0.15) is 12.8 Å². The van der Waals surface area contributed by atoms with Crippen molar-refractivity contribution >= 4 is 35.2 Å². The van der Waals surface area contributed by atoms with E-state index in [2.05, 4.69) is 10.9 Å². The van der Waals surface area contributed by atoms with Crippen LogP contribution in [0, 0.1) is 0 Å². The Balaban J connectivity index is 1.67. The van der Waals surface area contributed by atoms with E-state index >= 15 is 0 Å². The van der Waals surface area contributed by atoms with Crippen LogP contribution in [-0.2, 0) is 14.3 Å². The minimum atomic E-state index is -0.445. The lowest BCUT2D eigenvalue weighted by Crippen LogP contribution is -2.46. The lowest BCUT2D eigenvalue weighted by molar-refractivity contribution is -0.134. The molecule has 5 nitrogen and oxygen atoms in total. The van der Waals surface area contributed by atoms with Crippen LogP contribution in [0.2, 0.25) is 5.02 Å². The molecule has 1 heterocycles. The molecule has 1 fully saturated rings. The first-order valence-corrected chi connectivity index (χ1v) is 7.60. The zero-order valence-electron chi connectivity index (χ0n) is 10.7. The highest BCUT2D eigenvalue weighted by Gasteiger charge is 2.23. The minimum Gasteiger partial charge on any atom is -0.368 e. The number of rotatable bonds is 4. The van der Waals surface area contributed by atoms with Gasteiger partial charge < -0.3 is 4.74 Å². The third kappa shape index (κ3) is 4.70. The van der Waals surface area contributed by atoms with Crippen molar-refractivity contribution in [2.24, 2.45) is 0 Å². The second kappa shape index (κ2) is 7.52. The van der Waals surface area contributed by atoms with Gasteiger partial charge in [-0.25, -0.2) is 0 Å². The number of amides is 2. The molecule has 1 aromatic rings. The van der Waals surface area contributed by atoms with Gasteiger partial charge in [-0.3, -0.25) is 20.4 Å². The van der Waals surface area contributed by atoms with E-state index in [9.17, 15) is 9.59 Å². The number of benzene rings is 1. The van der Waals surface area contributed by atoms with E-state index in [-0.39, 0.29) is 17.6 Å². The molecule has 7 heteroatoms. The molecule has 0 aliphatic carbocycles. The van der Waals surface area contributed by atoms with Gasteiger partial charge in [0, 0.05) is 16.5 Å². The van der Waals surface area contributed by atoms with E-state index in [1.165, 1.54) is 11.8 Å². The van der Waals surface area contributed by atoms with Gasteiger partial charge in [0.25, 0.3) is 5.91 Å². The maximum Gasteiger partial charge on any atom is 0.267 e. The first-order valence-electron chi connectivity index (χ1n) is 6.24. The average molecular weight is 315 g/mol. The minimum absolute atomic E-state index is 0.216. The summed E-state index contributed by atoms with van der Waals surface area (Å²) in [6.45, 7) is 0.596. The van der Waals surface area contributed by atoms with Crippen molar-refractivity contribution in [1.29, 1.82) is 0 Å². The third-order valence-electron chi connectivity index (χ3n) is 2.73. The van der Waals surface area contributed by atoms with Crippen LogP contribution in [0.5, 0.6) is 0 Å². The van der Waals surface area contributed by atoms with Crippen molar-refractivity contribution < 1.29 is 14.3 Å². The van der Waals surface area contributed by atoms with Gasteiger partial charge in [0.15, 0.2) is 0 Å². The molecule has 1 atom stereocenters. The van der Waals surface area contributed by atoms with E-state index in [1.807, 2.05) is 12.1 Å². The fraction of sp³-hybridized carbons (Fsp3) is 0.385. The van der Waals surface area contributed by atoms with Crippen molar-refractivity contribution in [3.8, 4) is 0 Å².